The molecule has 0 aliphatic heterocycles. The van der Waals surface area contributed by atoms with Gasteiger partial charge in [0.1, 0.15) is 17.4 Å². The van der Waals surface area contributed by atoms with Crippen molar-refractivity contribution in [3.05, 3.63) is 65.2 Å². The van der Waals surface area contributed by atoms with E-state index in [9.17, 15) is 22.0 Å². The van der Waals surface area contributed by atoms with Crippen LogP contribution in [0.4, 0.5) is 22.0 Å². The summed E-state index contributed by atoms with van der Waals surface area (Å²) < 4.78 is 66.1. The summed E-state index contributed by atoms with van der Waals surface area (Å²) in [6.07, 6.45) is -4.40. The molecule has 2 rings (SSSR count). The molecule has 0 fully saturated rings. The first-order valence-electron chi connectivity index (χ1n) is 7.55. The number of rotatable bonds is 6. The van der Waals surface area contributed by atoms with Gasteiger partial charge in [-0.25, -0.2) is 13.8 Å². The lowest BCUT2D eigenvalue weighted by molar-refractivity contribution is -0.274. The number of hydrogen-bond acceptors (Lipinski definition) is 2. The first-order chi connectivity index (χ1) is 12.2. The summed E-state index contributed by atoms with van der Waals surface area (Å²) in [5, 5.41) is 2.79. The van der Waals surface area contributed by atoms with Crippen molar-refractivity contribution in [1.82, 2.24) is 5.32 Å². The molecule has 0 aliphatic carbocycles. The minimum Gasteiger partial charge on any atom is -0.406 e. The Morgan fingerprint density at radius 3 is 2.19 bits per heavy atom. The highest BCUT2D eigenvalue weighted by atomic mass is 19.4. The summed E-state index contributed by atoms with van der Waals surface area (Å²) >= 11 is 0. The van der Waals surface area contributed by atoms with Crippen LogP contribution in [0.3, 0.4) is 0 Å². The molecule has 0 radical (unpaired) electrons. The summed E-state index contributed by atoms with van der Waals surface area (Å²) in [6, 6.07) is 8.48. The maximum Gasteiger partial charge on any atom is 0.573 e. The highest BCUT2D eigenvalue weighted by molar-refractivity contribution is 5.77. The molecular weight excluding hydrogens is 357 g/mol. The molecule has 2 aromatic carbocycles. The average Bonchev–Trinajstić information content (AvgIpc) is 2.52. The monoisotopic (exact) mass is 373 g/mol. The van der Waals surface area contributed by atoms with Gasteiger partial charge in [0.25, 0.3) is 0 Å². The number of aliphatic imine (C=N–C) groups is 1. The van der Waals surface area contributed by atoms with E-state index in [1.165, 1.54) is 36.4 Å². The minimum absolute atomic E-state index is 0.109. The fourth-order valence-corrected chi connectivity index (χ4v) is 2.12. The maximum absolute atomic E-state index is 13.1. The summed E-state index contributed by atoms with van der Waals surface area (Å²) in [4.78, 5) is 4.04. The number of nitrogens with one attached hydrogen (secondary N) is 1. The lowest BCUT2D eigenvalue weighted by Crippen LogP contribution is -2.33. The smallest absolute Gasteiger partial charge is 0.406 e. The largest absolute Gasteiger partial charge is 0.573 e. The van der Waals surface area contributed by atoms with Crippen molar-refractivity contribution >= 4 is 5.96 Å². The molecule has 140 valence electrons. The van der Waals surface area contributed by atoms with Crippen LogP contribution >= 0.6 is 0 Å². The van der Waals surface area contributed by atoms with Crippen molar-refractivity contribution in [2.24, 2.45) is 10.7 Å². The number of hydrogen-bond donors (Lipinski definition) is 2. The molecule has 0 saturated carbocycles. The Balaban J connectivity index is 1.80. The molecule has 0 atom stereocenters. The Kier molecular flexibility index (Phi) is 6.37. The molecule has 3 N–H and O–H groups in total. The van der Waals surface area contributed by atoms with Crippen molar-refractivity contribution < 1.29 is 26.7 Å². The Labute approximate surface area is 146 Å². The number of guanidine groups is 1. The number of halogens is 5. The second-order valence-corrected chi connectivity index (χ2v) is 5.35. The standard InChI is InChI=1S/C17H16F5N3O/c18-13-7-12(8-14(19)9-13)5-6-24-16(23)25-10-11-1-3-15(4-2-11)26-17(20,21)22/h1-4,7-9H,5-6,10H2,(H3,23,24,25). The van der Waals surface area contributed by atoms with Crippen LogP contribution in [0.2, 0.25) is 0 Å². The normalized spacial score (nSPS) is 12.1. The van der Waals surface area contributed by atoms with Gasteiger partial charge < -0.3 is 15.8 Å². The van der Waals surface area contributed by atoms with Crippen LogP contribution in [0.5, 0.6) is 5.75 Å². The summed E-state index contributed by atoms with van der Waals surface area (Å²) in [7, 11) is 0. The van der Waals surface area contributed by atoms with E-state index in [0.29, 0.717) is 24.1 Å². The highest BCUT2D eigenvalue weighted by Gasteiger charge is 2.30. The third kappa shape index (κ3) is 6.96. The molecule has 2 aromatic rings. The van der Waals surface area contributed by atoms with Gasteiger partial charge in [-0.05, 0) is 41.8 Å². The third-order valence-electron chi connectivity index (χ3n) is 3.23. The van der Waals surface area contributed by atoms with E-state index in [2.05, 4.69) is 15.0 Å². The second kappa shape index (κ2) is 8.50. The van der Waals surface area contributed by atoms with Gasteiger partial charge in [-0.3, -0.25) is 0 Å². The van der Waals surface area contributed by atoms with Gasteiger partial charge in [-0.15, -0.1) is 13.2 Å². The van der Waals surface area contributed by atoms with Crippen molar-refractivity contribution in [1.29, 1.82) is 0 Å². The minimum atomic E-state index is -4.74. The third-order valence-corrected chi connectivity index (χ3v) is 3.23. The molecule has 4 nitrogen and oxygen atoms in total. The van der Waals surface area contributed by atoms with Gasteiger partial charge in [-0.1, -0.05) is 12.1 Å². The van der Waals surface area contributed by atoms with Gasteiger partial charge in [0, 0.05) is 12.6 Å². The predicted molar refractivity (Wildman–Crippen MR) is 86.5 cm³/mol. The van der Waals surface area contributed by atoms with E-state index < -0.39 is 18.0 Å². The van der Waals surface area contributed by atoms with Crippen LogP contribution in [0.15, 0.2) is 47.5 Å². The fourth-order valence-electron chi connectivity index (χ4n) is 2.12. The molecule has 0 bridgehead atoms. The molecule has 0 unspecified atom stereocenters. The number of alkyl halides is 3. The van der Waals surface area contributed by atoms with Crippen LogP contribution in [-0.4, -0.2) is 18.9 Å². The van der Waals surface area contributed by atoms with E-state index in [1.54, 1.807) is 0 Å². The van der Waals surface area contributed by atoms with Crippen molar-refractivity contribution in [2.75, 3.05) is 6.54 Å². The highest BCUT2D eigenvalue weighted by Crippen LogP contribution is 2.22. The Bertz CT molecular complexity index is 740. The summed E-state index contributed by atoms with van der Waals surface area (Å²) in [6.45, 7) is 0.469. The lowest BCUT2D eigenvalue weighted by Gasteiger charge is -2.09. The zero-order chi connectivity index (χ0) is 19.2. The number of benzene rings is 2. The average molecular weight is 373 g/mol. The van der Waals surface area contributed by atoms with Crippen LogP contribution in [0.1, 0.15) is 11.1 Å². The fraction of sp³-hybridized carbons (Fsp3) is 0.235. The number of nitrogens with zero attached hydrogens (tertiary/aromatic N) is 1. The molecule has 0 heterocycles. The van der Waals surface area contributed by atoms with E-state index >= 15 is 0 Å². The van der Waals surface area contributed by atoms with Gasteiger partial charge in [0.05, 0.1) is 6.54 Å². The van der Waals surface area contributed by atoms with Crippen LogP contribution in [-0.2, 0) is 13.0 Å². The Morgan fingerprint density at radius 2 is 1.62 bits per heavy atom. The molecule has 0 aromatic heterocycles. The van der Waals surface area contributed by atoms with Crippen LogP contribution < -0.4 is 15.8 Å². The van der Waals surface area contributed by atoms with Crippen LogP contribution in [0.25, 0.3) is 0 Å². The number of ether oxygens (including phenoxy) is 1. The number of nitrogens with two attached hydrogens (primary N) is 1. The summed E-state index contributed by atoms with van der Waals surface area (Å²) in [5.41, 5.74) is 6.79. The first-order valence-corrected chi connectivity index (χ1v) is 7.55. The molecule has 9 heteroatoms. The van der Waals surface area contributed by atoms with E-state index in [0.717, 1.165) is 6.07 Å². The van der Waals surface area contributed by atoms with E-state index in [4.69, 9.17) is 5.73 Å². The molecule has 0 amide bonds. The second-order valence-electron chi connectivity index (χ2n) is 5.35. The topological polar surface area (TPSA) is 59.6 Å². The molecule has 0 aliphatic rings. The van der Waals surface area contributed by atoms with Gasteiger partial charge >= 0.3 is 6.36 Å². The van der Waals surface area contributed by atoms with Crippen LogP contribution in [0, 0.1) is 11.6 Å². The van der Waals surface area contributed by atoms with Crippen molar-refractivity contribution in [3.63, 3.8) is 0 Å². The zero-order valence-electron chi connectivity index (χ0n) is 13.5. The van der Waals surface area contributed by atoms with Gasteiger partial charge in [0.2, 0.25) is 0 Å². The molecule has 0 spiro atoms. The van der Waals surface area contributed by atoms with Crippen molar-refractivity contribution in [2.45, 2.75) is 19.3 Å². The molecular formula is C17H16F5N3O. The van der Waals surface area contributed by atoms with Gasteiger partial charge in [0.15, 0.2) is 5.96 Å². The molecule has 26 heavy (non-hydrogen) atoms. The Morgan fingerprint density at radius 1 is 1.00 bits per heavy atom. The maximum atomic E-state index is 13.1. The van der Waals surface area contributed by atoms with Gasteiger partial charge in [-0.2, -0.15) is 0 Å². The van der Waals surface area contributed by atoms with Crippen molar-refractivity contribution in [3.8, 4) is 5.75 Å². The van der Waals surface area contributed by atoms with E-state index in [1.807, 2.05) is 0 Å². The predicted octanol–water partition coefficient (Wildman–Crippen LogP) is 3.51. The molecule has 0 saturated heterocycles. The quantitative estimate of drug-likeness (QED) is 0.463. The zero-order valence-corrected chi connectivity index (χ0v) is 13.5. The SMILES string of the molecule is NC(=NCc1ccc(OC(F)(F)F)cc1)NCCc1cc(F)cc(F)c1. The summed E-state index contributed by atoms with van der Waals surface area (Å²) in [5.74, 6) is -1.52. The first kappa shape index (κ1) is 19.5. The van der Waals surface area contributed by atoms with E-state index in [-0.39, 0.29) is 18.3 Å². The Hall–Kier alpha value is -2.84. The lowest BCUT2D eigenvalue weighted by atomic mass is 10.1.